The monoisotopic (exact) mass is 308 g/mol. The molecule has 1 fully saturated rings. The number of halogens is 1. The predicted octanol–water partition coefficient (Wildman–Crippen LogP) is 3.78. The Labute approximate surface area is 133 Å². The maximum atomic E-state index is 12.6. The van der Waals surface area contributed by atoms with Gasteiger partial charge in [-0.25, -0.2) is 0 Å². The molecule has 116 valence electrons. The maximum absolute atomic E-state index is 12.6. The molecule has 1 amide bonds. The molecule has 1 aliphatic carbocycles. The highest BCUT2D eigenvalue weighted by Gasteiger charge is 2.23. The summed E-state index contributed by atoms with van der Waals surface area (Å²) < 4.78 is 0. The molecule has 1 saturated carbocycles. The van der Waals surface area contributed by atoms with Gasteiger partial charge in [-0.15, -0.1) is 12.4 Å². The summed E-state index contributed by atoms with van der Waals surface area (Å²) in [6, 6.07) is 6.38. The third-order valence-electron chi connectivity index (χ3n) is 4.61. The van der Waals surface area contributed by atoms with Gasteiger partial charge in [0.15, 0.2) is 0 Å². The summed E-state index contributed by atoms with van der Waals surface area (Å²) in [4.78, 5) is 12.6. The Morgan fingerprint density at radius 1 is 1.29 bits per heavy atom. The first-order valence-electron chi connectivity index (χ1n) is 7.90. The summed E-state index contributed by atoms with van der Waals surface area (Å²) >= 11 is 0. The Hall–Kier alpha value is -1.22. The summed E-state index contributed by atoms with van der Waals surface area (Å²) in [5, 5.41) is 6.64. The van der Waals surface area contributed by atoms with Crippen molar-refractivity contribution in [2.75, 3.05) is 11.9 Å². The zero-order valence-electron chi connectivity index (χ0n) is 12.7. The van der Waals surface area contributed by atoms with Gasteiger partial charge >= 0.3 is 0 Å². The Balaban J connectivity index is 0.00000161. The number of fused-ring (bicyclic) bond motifs is 1. The van der Waals surface area contributed by atoms with Gasteiger partial charge in [0.2, 0.25) is 0 Å². The van der Waals surface area contributed by atoms with E-state index in [1.165, 1.54) is 18.4 Å². The highest BCUT2D eigenvalue weighted by molar-refractivity contribution is 5.97. The van der Waals surface area contributed by atoms with Crippen molar-refractivity contribution >= 4 is 24.0 Å². The van der Waals surface area contributed by atoms with Crippen molar-refractivity contribution in [3.05, 3.63) is 29.3 Å². The fourth-order valence-electron chi connectivity index (χ4n) is 3.55. The molecule has 3 nitrogen and oxygen atoms in total. The van der Waals surface area contributed by atoms with Crippen LogP contribution >= 0.6 is 12.4 Å². The van der Waals surface area contributed by atoms with Crippen LogP contribution in [0.3, 0.4) is 0 Å². The van der Waals surface area contributed by atoms with Crippen LogP contribution in [0, 0.1) is 5.92 Å². The molecule has 0 aromatic heterocycles. The third-order valence-corrected chi connectivity index (χ3v) is 4.61. The molecule has 1 aliphatic heterocycles. The second kappa shape index (κ2) is 7.17. The Morgan fingerprint density at radius 3 is 2.95 bits per heavy atom. The van der Waals surface area contributed by atoms with Gasteiger partial charge in [0, 0.05) is 23.8 Å². The molecule has 1 aromatic rings. The van der Waals surface area contributed by atoms with Crippen LogP contribution in [-0.2, 0) is 6.42 Å². The molecule has 2 N–H and O–H groups in total. The van der Waals surface area contributed by atoms with Crippen molar-refractivity contribution in [3.63, 3.8) is 0 Å². The van der Waals surface area contributed by atoms with Crippen LogP contribution in [-0.4, -0.2) is 18.5 Å². The van der Waals surface area contributed by atoms with E-state index in [-0.39, 0.29) is 18.3 Å². The lowest BCUT2D eigenvalue weighted by molar-refractivity contribution is 0.0920. The van der Waals surface area contributed by atoms with Crippen molar-refractivity contribution in [1.82, 2.24) is 5.32 Å². The Bertz CT molecular complexity index is 504. The van der Waals surface area contributed by atoms with Crippen LogP contribution in [0.5, 0.6) is 0 Å². The SMILES string of the molecule is CC1CCCC(NC(=O)c2cccc3c2CCCN3)C1.Cl. The fraction of sp³-hybridized carbons (Fsp3) is 0.588. The second-order valence-electron chi connectivity index (χ2n) is 6.30. The molecule has 0 saturated heterocycles. The molecule has 0 bridgehead atoms. The van der Waals surface area contributed by atoms with E-state index in [0.717, 1.165) is 49.4 Å². The van der Waals surface area contributed by atoms with Crippen molar-refractivity contribution < 1.29 is 4.79 Å². The number of benzene rings is 1. The highest BCUT2D eigenvalue weighted by atomic mass is 35.5. The van der Waals surface area contributed by atoms with Gasteiger partial charge in [0.1, 0.15) is 0 Å². The zero-order valence-corrected chi connectivity index (χ0v) is 13.5. The van der Waals surface area contributed by atoms with Crippen LogP contribution in [0.2, 0.25) is 0 Å². The van der Waals surface area contributed by atoms with Crippen molar-refractivity contribution in [1.29, 1.82) is 0 Å². The fourth-order valence-corrected chi connectivity index (χ4v) is 3.55. The van der Waals surface area contributed by atoms with Crippen molar-refractivity contribution in [3.8, 4) is 0 Å². The second-order valence-corrected chi connectivity index (χ2v) is 6.30. The molecular weight excluding hydrogens is 284 g/mol. The normalized spacial score (nSPS) is 24.2. The van der Waals surface area contributed by atoms with Gasteiger partial charge in [-0.2, -0.15) is 0 Å². The quantitative estimate of drug-likeness (QED) is 0.873. The van der Waals surface area contributed by atoms with E-state index in [2.05, 4.69) is 23.6 Å². The molecule has 2 aliphatic rings. The first-order valence-corrected chi connectivity index (χ1v) is 7.90. The lowest BCUT2D eigenvalue weighted by atomic mass is 9.87. The van der Waals surface area contributed by atoms with Crippen LogP contribution in [0.25, 0.3) is 0 Å². The van der Waals surface area contributed by atoms with Crippen LogP contribution in [0.1, 0.15) is 54.9 Å². The number of hydrogen-bond acceptors (Lipinski definition) is 2. The largest absolute Gasteiger partial charge is 0.385 e. The molecular formula is C17H25ClN2O. The van der Waals surface area contributed by atoms with Gasteiger partial charge in [0.25, 0.3) is 5.91 Å². The first-order chi connectivity index (χ1) is 9.74. The Kier molecular flexibility index (Phi) is 5.51. The molecule has 4 heteroatoms. The first kappa shape index (κ1) is 16.2. The van der Waals surface area contributed by atoms with E-state index in [1.807, 2.05) is 12.1 Å². The van der Waals surface area contributed by atoms with Crippen LogP contribution < -0.4 is 10.6 Å². The Morgan fingerprint density at radius 2 is 2.14 bits per heavy atom. The van der Waals surface area contributed by atoms with Gasteiger partial charge in [-0.05, 0) is 49.3 Å². The van der Waals surface area contributed by atoms with E-state index in [1.54, 1.807) is 0 Å². The van der Waals surface area contributed by atoms with Gasteiger partial charge in [-0.1, -0.05) is 25.8 Å². The maximum Gasteiger partial charge on any atom is 0.251 e. The molecule has 21 heavy (non-hydrogen) atoms. The summed E-state index contributed by atoms with van der Waals surface area (Å²) in [6.07, 6.45) is 6.91. The molecule has 1 aromatic carbocycles. The number of anilines is 1. The molecule has 1 heterocycles. The third kappa shape index (κ3) is 3.70. The van der Waals surface area contributed by atoms with E-state index < -0.39 is 0 Å². The minimum absolute atomic E-state index is 0. The van der Waals surface area contributed by atoms with E-state index in [0.29, 0.717) is 6.04 Å². The zero-order chi connectivity index (χ0) is 13.9. The van der Waals surface area contributed by atoms with E-state index in [9.17, 15) is 4.79 Å². The lowest BCUT2D eigenvalue weighted by Crippen LogP contribution is -2.38. The van der Waals surface area contributed by atoms with E-state index >= 15 is 0 Å². The number of rotatable bonds is 2. The lowest BCUT2D eigenvalue weighted by Gasteiger charge is -2.28. The smallest absolute Gasteiger partial charge is 0.251 e. The minimum atomic E-state index is 0. The van der Waals surface area contributed by atoms with Gasteiger partial charge < -0.3 is 10.6 Å². The van der Waals surface area contributed by atoms with Gasteiger partial charge in [-0.3, -0.25) is 4.79 Å². The van der Waals surface area contributed by atoms with Gasteiger partial charge in [0.05, 0.1) is 0 Å². The number of nitrogens with one attached hydrogen (secondary N) is 2. The molecule has 0 radical (unpaired) electrons. The molecule has 2 unspecified atom stereocenters. The highest BCUT2D eigenvalue weighted by Crippen LogP contribution is 2.27. The number of amides is 1. The number of hydrogen-bond donors (Lipinski definition) is 2. The predicted molar refractivity (Wildman–Crippen MR) is 89.4 cm³/mol. The van der Waals surface area contributed by atoms with Crippen molar-refractivity contribution in [2.45, 2.75) is 51.5 Å². The minimum Gasteiger partial charge on any atom is -0.385 e. The number of carbonyl (C=O) groups excluding carboxylic acids is 1. The average Bonchev–Trinajstić information content (AvgIpc) is 2.46. The molecule has 2 atom stereocenters. The summed E-state index contributed by atoms with van der Waals surface area (Å²) in [5.74, 6) is 0.852. The van der Waals surface area contributed by atoms with Crippen molar-refractivity contribution in [2.24, 2.45) is 5.92 Å². The topological polar surface area (TPSA) is 41.1 Å². The summed E-state index contributed by atoms with van der Waals surface area (Å²) in [6.45, 7) is 3.30. The standard InChI is InChI=1S/C17H24N2O.ClH/c1-12-5-2-6-13(11-12)19-17(20)15-7-3-9-16-14(15)8-4-10-18-16;/h3,7,9,12-13,18H,2,4-6,8,10-11H2,1H3,(H,19,20);1H. The summed E-state index contributed by atoms with van der Waals surface area (Å²) in [5.41, 5.74) is 3.20. The molecule has 0 spiro atoms. The van der Waals surface area contributed by atoms with E-state index in [4.69, 9.17) is 0 Å². The number of carbonyl (C=O) groups is 1. The van der Waals surface area contributed by atoms with Crippen LogP contribution in [0.15, 0.2) is 18.2 Å². The average molecular weight is 309 g/mol. The summed E-state index contributed by atoms with van der Waals surface area (Å²) in [7, 11) is 0. The van der Waals surface area contributed by atoms with Crippen LogP contribution in [0.4, 0.5) is 5.69 Å². The molecule has 3 rings (SSSR count).